The molecule has 1 fully saturated rings. The summed E-state index contributed by atoms with van der Waals surface area (Å²) in [4.78, 5) is 0. The molecule has 2 unspecified atom stereocenters. The summed E-state index contributed by atoms with van der Waals surface area (Å²) in [5, 5.41) is 0. The van der Waals surface area contributed by atoms with Crippen LogP contribution >= 0.6 is 0 Å². The van der Waals surface area contributed by atoms with Gasteiger partial charge in [0, 0.05) is 0 Å². The number of rotatable bonds is 1. The van der Waals surface area contributed by atoms with Gasteiger partial charge in [0.1, 0.15) is 0 Å². The molecule has 70 valence electrons. The predicted octanol–water partition coefficient (Wildman–Crippen LogP) is 4.02. The highest BCUT2D eigenvalue weighted by Gasteiger charge is 2.19. The summed E-state index contributed by atoms with van der Waals surface area (Å²) in [5.74, 6) is 1.83. The SMILES string of the molecule is CC1CCC(/C=C/C(C)(C)C)C1. The minimum atomic E-state index is 0.367. The van der Waals surface area contributed by atoms with Crippen molar-refractivity contribution in [3.05, 3.63) is 12.2 Å². The molecule has 0 N–H and O–H groups in total. The minimum absolute atomic E-state index is 0.367. The van der Waals surface area contributed by atoms with E-state index in [-0.39, 0.29) is 0 Å². The quantitative estimate of drug-likeness (QED) is 0.516. The average molecular weight is 166 g/mol. The van der Waals surface area contributed by atoms with Crippen LogP contribution in [0.15, 0.2) is 12.2 Å². The van der Waals surface area contributed by atoms with E-state index in [1.54, 1.807) is 0 Å². The Bertz CT molecular complexity index is 159. The van der Waals surface area contributed by atoms with E-state index >= 15 is 0 Å². The van der Waals surface area contributed by atoms with Crippen LogP contribution in [0.2, 0.25) is 0 Å². The summed E-state index contributed by atoms with van der Waals surface area (Å²) in [6, 6.07) is 0. The molecule has 0 aromatic carbocycles. The average Bonchev–Trinajstić information content (AvgIpc) is 2.30. The molecule has 0 heteroatoms. The first-order chi connectivity index (χ1) is 5.47. The first kappa shape index (κ1) is 9.83. The Hall–Kier alpha value is -0.260. The Labute approximate surface area is 77.1 Å². The molecule has 2 atom stereocenters. The molecule has 12 heavy (non-hydrogen) atoms. The van der Waals surface area contributed by atoms with Crippen LogP contribution < -0.4 is 0 Å². The Morgan fingerprint density at radius 1 is 1.17 bits per heavy atom. The summed E-state index contributed by atoms with van der Waals surface area (Å²) >= 11 is 0. The fourth-order valence-electron chi connectivity index (χ4n) is 1.85. The van der Waals surface area contributed by atoms with Gasteiger partial charge in [-0.15, -0.1) is 0 Å². The molecule has 0 aromatic heterocycles. The molecule has 1 saturated carbocycles. The minimum Gasteiger partial charge on any atom is -0.0849 e. The maximum atomic E-state index is 2.43. The third-order valence-electron chi connectivity index (χ3n) is 2.60. The van der Waals surface area contributed by atoms with Crippen molar-refractivity contribution in [2.24, 2.45) is 17.3 Å². The second-order valence-electron chi connectivity index (χ2n) is 5.40. The van der Waals surface area contributed by atoms with E-state index in [0.717, 1.165) is 11.8 Å². The molecule has 0 spiro atoms. The lowest BCUT2D eigenvalue weighted by Gasteiger charge is -2.12. The zero-order chi connectivity index (χ0) is 9.19. The van der Waals surface area contributed by atoms with Gasteiger partial charge in [-0.05, 0) is 30.1 Å². The van der Waals surface area contributed by atoms with E-state index in [4.69, 9.17) is 0 Å². The predicted molar refractivity (Wildman–Crippen MR) is 55.1 cm³/mol. The molecule has 0 heterocycles. The molecular formula is C12H22. The van der Waals surface area contributed by atoms with E-state index < -0.39 is 0 Å². The fourth-order valence-corrected chi connectivity index (χ4v) is 1.85. The lowest BCUT2D eigenvalue weighted by atomic mass is 9.93. The maximum absolute atomic E-state index is 2.43. The number of allylic oxidation sites excluding steroid dienone is 2. The van der Waals surface area contributed by atoms with Gasteiger partial charge in [0.2, 0.25) is 0 Å². The highest BCUT2D eigenvalue weighted by molar-refractivity contribution is 4.98. The third-order valence-corrected chi connectivity index (χ3v) is 2.60. The van der Waals surface area contributed by atoms with Crippen molar-refractivity contribution >= 4 is 0 Å². The first-order valence-corrected chi connectivity index (χ1v) is 5.17. The van der Waals surface area contributed by atoms with Crippen LogP contribution in [0.3, 0.4) is 0 Å². The Morgan fingerprint density at radius 2 is 1.83 bits per heavy atom. The second-order valence-corrected chi connectivity index (χ2v) is 5.40. The molecule has 0 saturated heterocycles. The van der Waals surface area contributed by atoms with Crippen LogP contribution in [0.4, 0.5) is 0 Å². The van der Waals surface area contributed by atoms with Gasteiger partial charge in [0.25, 0.3) is 0 Å². The molecule has 0 radical (unpaired) electrons. The van der Waals surface area contributed by atoms with Gasteiger partial charge < -0.3 is 0 Å². The fraction of sp³-hybridized carbons (Fsp3) is 0.833. The molecule has 0 aromatic rings. The number of hydrogen-bond acceptors (Lipinski definition) is 0. The summed E-state index contributed by atoms with van der Waals surface area (Å²) < 4.78 is 0. The van der Waals surface area contributed by atoms with Gasteiger partial charge in [0.05, 0.1) is 0 Å². The monoisotopic (exact) mass is 166 g/mol. The molecule has 1 rings (SSSR count). The molecular weight excluding hydrogens is 144 g/mol. The summed E-state index contributed by atoms with van der Waals surface area (Å²) in [7, 11) is 0. The Kier molecular flexibility index (Phi) is 2.98. The molecule has 0 aliphatic heterocycles. The molecule has 0 bridgehead atoms. The standard InChI is InChI=1S/C12H22/c1-10-5-6-11(9-10)7-8-12(2,3)4/h7-8,10-11H,5-6,9H2,1-4H3/b8-7+. The van der Waals surface area contributed by atoms with Crippen molar-refractivity contribution in [2.75, 3.05) is 0 Å². The van der Waals surface area contributed by atoms with Crippen LogP contribution in [0.5, 0.6) is 0 Å². The van der Waals surface area contributed by atoms with Crippen molar-refractivity contribution in [3.8, 4) is 0 Å². The van der Waals surface area contributed by atoms with Crippen LogP contribution in [0, 0.1) is 17.3 Å². The van der Waals surface area contributed by atoms with Gasteiger partial charge >= 0.3 is 0 Å². The largest absolute Gasteiger partial charge is 0.0849 e. The van der Waals surface area contributed by atoms with E-state index in [9.17, 15) is 0 Å². The van der Waals surface area contributed by atoms with E-state index in [0.29, 0.717) is 5.41 Å². The van der Waals surface area contributed by atoms with Crippen molar-refractivity contribution in [1.29, 1.82) is 0 Å². The molecule has 0 amide bonds. The Morgan fingerprint density at radius 3 is 2.25 bits per heavy atom. The van der Waals surface area contributed by atoms with Gasteiger partial charge in [-0.25, -0.2) is 0 Å². The molecule has 1 aliphatic rings. The van der Waals surface area contributed by atoms with Crippen molar-refractivity contribution in [1.82, 2.24) is 0 Å². The highest BCUT2D eigenvalue weighted by atomic mass is 14.2. The van der Waals surface area contributed by atoms with Crippen molar-refractivity contribution in [2.45, 2.75) is 47.0 Å². The molecule has 1 aliphatic carbocycles. The van der Waals surface area contributed by atoms with Crippen LogP contribution in [-0.4, -0.2) is 0 Å². The van der Waals surface area contributed by atoms with E-state index in [1.165, 1.54) is 19.3 Å². The van der Waals surface area contributed by atoms with Gasteiger partial charge in [0.15, 0.2) is 0 Å². The van der Waals surface area contributed by atoms with Gasteiger partial charge in [-0.3, -0.25) is 0 Å². The van der Waals surface area contributed by atoms with Crippen molar-refractivity contribution in [3.63, 3.8) is 0 Å². The lowest BCUT2D eigenvalue weighted by Crippen LogP contribution is -2.00. The summed E-state index contributed by atoms with van der Waals surface area (Å²) in [5.41, 5.74) is 0.367. The maximum Gasteiger partial charge on any atom is -0.0203 e. The lowest BCUT2D eigenvalue weighted by molar-refractivity contribution is 0.530. The van der Waals surface area contributed by atoms with Gasteiger partial charge in [-0.1, -0.05) is 46.3 Å². The van der Waals surface area contributed by atoms with Gasteiger partial charge in [-0.2, -0.15) is 0 Å². The Balaban J connectivity index is 2.37. The van der Waals surface area contributed by atoms with Crippen LogP contribution in [0.1, 0.15) is 47.0 Å². The zero-order valence-electron chi connectivity index (χ0n) is 8.93. The first-order valence-electron chi connectivity index (χ1n) is 5.17. The molecule has 0 nitrogen and oxygen atoms in total. The summed E-state index contributed by atoms with van der Waals surface area (Å²) in [6.07, 6.45) is 9.05. The smallest absolute Gasteiger partial charge is 0.0203 e. The topological polar surface area (TPSA) is 0 Å². The van der Waals surface area contributed by atoms with Crippen LogP contribution in [-0.2, 0) is 0 Å². The normalized spacial score (nSPS) is 31.7. The van der Waals surface area contributed by atoms with E-state index in [1.807, 2.05) is 0 Å². The summed E-state index contributed by atoms with van der Waals surface area (Å²) in [6.45, 7) is 9.16. The zero-order valence-corrected chi connectivity index (χ0v) is 8.93. The van der Waals surface area contributed by atoms with Crippen molar-refractivity contribution < 1.29 is 0 Å². The second kappa shape index (κ2) is 3.64. The third kappa shape index (κ3) is 3.42. The highest BCUT2D eigenvalue weighted by Crippen LogP contribution is 2.32. The van der Waals surface area contributed by atoms with E-state index in [2.05, 4.69) is 39.8 Å². The van der Waals surface area contributed by atoms with Crippen LogP contribution in [0.25, 0.3) is 0 Å². The number of hydrogen-bond donors (Lipinski definition) is 0.